The molecular weight excluding hydrogens is 292 g/mol. The van der Waals surface area contributed by atoms with Crippen molar-refractivity contribution in [2.24, 2.45) is 0 Å². The number of hydrogen-bond acceptors (Lipinski definition) is 3. The molecule has 0 bridgehead atoms. The summed E-state index contributed by atoms with van der Waals surface area (Å²) in [6, 6.07) is 7.06. The average Bonchev–Trinajstić information content (AvgIpc) is 2.89. The second-order valence-electron chi connectivity index (χ2n) is 6.39. The standard InChI is InChI=1S/C18H24N2O3/c1-2-12-23-15-8-6-14(7-9-15)20-17(21)13-16(18(20)22)19-10-4-3-5-11-19/h6-9,16H,2-5,10-13H2,1H3/p+1/t16-/m0/s1. The minimum Gasteiger partial charge on any atom is -0.494 e. The molecule has 1 aromatic carbocycles. The van der Waals surface area contributed by atoms with Gasteiger partial charge in [-0.15, -0.1) is 0 Å². The first-order valence-corrected chi connectivity index (χ1v) is 8.65. The third-order valence-electron chi connectivity index (χ3n) is 4.70. The van der Waals surface area contributed by atoms with Gasteiger partial charge in [0.15, 0.2) is 6.04 Å². The van der Waals surface area contributed by atoms with Crippen molar-refractivity contribution in [3.05, 3.63) is 24.3 Å². The summed E-state index contributed by atoms with van der Waals surface area (Å²) >= 11 is 0. The number of likely N-dealkylation sites (tertiary alicyclic amines) is 1. The van der Waals surface area contributed by atoms with Crippen LogP contribution in [0.5, 0.6) is 5.75 Å². The van der Waals surface area contributed by atoms with Crippen LogP contribution in [0.4, 0.5) is 5.69 Å². The van der Waals surface area contributed by atoms with E-state index < -0.39 is 0 Å². The van der Waals surface area contributed by atoms with E-state index in [1.54, 1.807) is 12.1 Å². The molecule has 2 amide bonds. The van der Waals surface area contributed by atoms with Crippen LogP contribution in [0.1, 0.15) is 39.0 Å². The fourth-order valence-corrected chi connectivity index (χ4v) is 3.49. The number of nitrogens with zero attached hydrogens (tertiary/aromatic N) is 1. The molecule has 0 saturated carbocycles. The van der Waals surface area contributed by atoms with Gasteiger partial charge in [0.25, 0.3) is 5.91 Å². The Hall–Kier alpha value is -1.88. The van der Waals surface area contributed by atoms with Crippen molar-refractivity contribution < 1.29 is 19.2 Å². The SMILES string of the molecule is CCCOc1ccc(N2C(=O)C[C@H]([NH+]3CCCCC3)C2=O)cc1. The third-order valence-corrected chi connectivity index (χ3v) is 4.70. The Labute approximate surface area is 137 Å². The highest BCUT2D eigenvalue weighted by atomic mass is 16.5. The van der Waals surface area contributed by atoms with Crippen LogP contribution in [0.25, 0.3) is 0 Å². The number of anilines is 1. The van der Waals surface area contributed by atoms with E-state index in [1.807, 2.05) is 12.1 Å². The van der Waals surface area contributed by atoms with E-state index in [2.05, 4.69) is 6.92 Å². The molecule has 2 aliphatic heterocycles. The third kappa shape index (κ3) is 3.39. The zero-order valence-corrected chi connectivity index (χ0v) is 13.7. The van der Waals surface area contributed by atoms with E-state index in [1.165, 1.54) is 16.2 Å². The highest BCUT2D eigenvalue weighted by Gasteiger charge is 2.45. The van der Waals surface area contributed by atoms with E-state index in [9.17, 15) is 9.59 Å². The molecule has 2 heterocycles. The number of benzene rings is 1. The fraction of sp³-hybridized carbons (Fsp3) is 0.556. The molecule has 124 valence electrons. The number of imide groups is 1. The Kier molecular flexibility index (Phi) is 4.96. The lowest BCUT2D eigenvalue weighted by Crippen LogP contribution is -3.17. The first-order chi connectivity index (χ1) is 11.2. The van der Waals surface area contributed by atoms with Gasteiger partial charge in [0.1, 0.15) is 5.75 Å². The van der Waals surface area contributed by atoms with Crippen molar-refractivity contribution >= 4 is 17.5 Å². The van der Waals surface area contributed by atoms with Gasteiger partial charge in [-0.3, -0.25) is 9.59 Å². The van der Waals surface area contributed by atoms with Gasteiger partial charge in [-0.1, -0.05) is 6.92 Å². The summed E-state index contributed by atoms with van der Waals surface area (Å²) in [6.07, 6.45) is 4.82. The van der Waals surface area contributed by atoms with Crippen LogP contribution in [0.2, 0.25) is 0 Å². The van der Waals surface area contributed by atoms with Crippen LogP contribution in [0, 0.1) is 0 Å². The van der Waals surface area contributed by atoms with Gasteiger partial charge in [-0.2, -0.15) is 0 Å². The maximum absolute atomic E-state index is 12.7. The molecule has 1 aromatic rings. The minimum atomic E-state index is -0.196. The summed E-state index contributed by atoms with van der Waals surface area (Å²) in [5, 5.41) is 0. The molecule has 1 atom stereocenters. The summed E-state index contributed by atoms with van der Waals surface area (Å²) in [4.78, 5) is 27.7. The second-order valence-corrected chi connectivity index (χ2v) is 6.39. The summed E-state index contributed by atoms with van der Waals surface area (Å²) in [5.74, 6) is 0.641. The van der Waals surface area contributed by atoms with Crippen LogP contribution < -0.4 is 14.5 Å². The number of rotatable bonds is 5. The molecule has 0 aliphatic carbocycles. The summed E-state index contributed by atoms with van der Waals surface area (Å²) in [5.41, 5.74) is 0.655. The van der Waals surface area contributed by atoms with Crippen LogP contribution in [0.15, 0.2) is 24.3 Å². The lowest BCUT2D eigenvalue weighted by Gasteiger charge is -2.27. The van der Waals surface area contributed by atoms with Gasteiger partial charge < -0.3 is 9.64 Å². The Morgan fingerprint density at radius 3 is 2.48 bits per heavy atom. The van der Waals surface area contributed by atoms with Gasteiger partial charge in [-0.25, -0.2) is 4.90 Å². The molecule has 3 rings (SSSR count). The smallest absolute Gasteiger partial charge is 0.292 e. The van der Waals surface area contributed by atoms with Crippen LogP contribution in [-0.4, -0.2) is 37.6 Å². The van der Waals surface area contributed by atoms with E-state index in [4.69, 9.17) is 4.74 Å². The van der Waals surface area contributed by atoms with Gasteiger partial charge in [-0.05, 0) is 49.9 Å². The van der Waals surface area contributed by atoms with Gasteiger partial charge in [0, 0.05) is 0 Å². The summed E-state index contributed by atoms with van der Waals surface area (Å²) < 4.78 is 5.55. The molecule has 1 N–H and O–H groups in total. The molecule has 0 unspecified atom stereocenters. The van der Waals surface area contributed by atoms with E-state index >= 15 is 0 Å². The van der Waals surface area contributed by atoms with Crippen molar-refractivity contribution in [3.63, 3.8) is 0 Å². The van der Waals surface area contributed by atoms with Crippen LogP contribution in [-0.2, 0) is 9.59 Å². The molecule has 2 saturated heterocycles. The molecule has 0 aromatic heterocycles. The molecule has 2 fully saturated rings. The summed E-state index contributed by atoms with van der Waals surface area (Å²) in [7, 11) is 0. The zero-order valence-electron chi connectivity index (χ0n) is 13.7. The quantitative estimate of drug-likeness (QED) is 0.830. The number of nitrogens with one attached hydrogen (secondary N) is 1. The Morgan fingerprint density at radius 1 is 1.13 bits per heavy atom. The largest absolute Gasteiger partial charge is 0.494 e. The molecular formula is C18H25N2O3+. The lowest BCUT2D eigenvalue weighted by atomic mass is 10.1. The predicted molar refractivity (Wildman–Crippen MR) is 87.7 cm³/mol. The number of carbonyl (C=O) groups is 2. The molecule has 0 spiro atoms. The van der Waals surface area contributed by atoms with E-state index in [0.29, 0.717) is 18.7 Å². The number of quaternary nitrogens is 1. The molecule has 5 heteroatoms. The Morgan fingerprint density at radius 2 is 1.83 bits per heavy atom. The monoisotopic (exact) mass is 317 g/mol. The van der Waals surface area contributed by atoms with Crippen LogP contribution >= 0.6 is 0 Å². The number of amides is 2. The van der Waals surface area contributed by atoms with Crippen molar-refractivity contribution in [3.8, 4) is 5.75 Å². The average molecular weight is 317 g/mol. The second kappa shape index (κ2) is 7.13. The maximum Gasteiger partial charge on any atom is 0.292 e. The molecule has 2 aliphatic rings. The van der Waals surface area contributed by atoms with E-state index in [-0.39, 0.29) is 17.9 Å². The molecule has 5 nitrogen and oxygen atoms in total. The van der Waals surface area contributed by atoms with Crippen molar-refractivity contribution in [2.75, 3.05) is 24.6 Å². The highest BCUT2D eigenvalue weighted by molar-refractivity contribution is 6.21. The first kappa shape index (κ1) is 16.0. The van der Waals surface area contributed by atoms with Gasteiger partial charge in [0.2, 0.25) is 5.91 Å². The minimum absolute atomic E-state index is 0.0471. The van der Waals surface area contributed by atoms with E-state index in [0.717, 1.165) is 38.1 Å². The zero-order chi connectivity index (χ0) is 16.2. The highest BCUT2D eigenvalue weighted by Crippen LogP contribution is 2.24. The number of hydrogen-bond donors (Lipinski definition) is 1. The van der Waals surface area contributed by atoms with Crippen molar-refractivity contribution in [2.45, 2.75) is 45.1 Å². The van der Waals surface area contributed by atoms with Crippen molar-refractivity contribution in [1.29, 1.82) is 0 Å². The van der Waals surface area contributed by atoms with Crippen molar-refractivity contribution in [1.82, 2.24) is 0 Å². The number of carbonyl (C=O) groups excluding carboxylic acids is 2. The first-order valence-electron chi connectivity index (χ1n) is 8.65. The normalized spacial score (nSPS) is 22.7. The van der Waals surface area contributed by atoms with Gasteiger partial charge >= 0.3 is 0 Å². The predicted octanol–water partition coefficient (Wildman–Crippen LogP) is 1.18. The lowest BCUT2D eigenvalue weighted by molar-refractivity contribution is -0.919. The van der Waals surface area contributed by atoms with Gasteiger partial charge in [0.05, 0.1) is 31.8 Å². The summed E-state index contributed by atoms with van der Waals surface area (Å²) in [6.45, 7) is 4.73. The number of piperidine rings is 1. The maximum atomic E-state index is 12.7. The molecule has 23 heavy (non-hydrogen) atoms. The molecule has 0 radical (unpaired) electrons. The fourth-order valence-electron chi connectivity index (χ4n) is 3.49. The number of ether oxygens (including phenoxy) is 1. The Bertz CT molecular complexity index is 564. The Balaban J connectivity index is 1.71. The van der Waals surface area contributed by atoms with Crippen LogP contribution in [0.3, 0.4) is 0 Å². The topological polar surface area (TPSA) is 51.0 Å².